The first kappa shape index (κ1) is 18.7. The highest BCUT2D eigenvalue weighted by Crippen LogP contribution is 2.49. The predicted octanol–water partition coefficient (Wildman–Crippen LogP) is 3.62. The molecule has 0 spiro atoms. The van der Waals surface area contributed by atoms with Gasteiger partial charge in [-0.1, -0.05) is 48.5 Å². The van der Waals surface area contributed by atoms with Crippen molar-refractivity contribution in [3.8, 4) is 0 Å². The molecule has 0 radical (unpaired) electrons. The van der Waals surface area contributed by atoms with Crippen molar-refractivity contribution < 1.29 is 13.4 Å². The molecule has 0 aromatic heterocycles. The van der Waals surface area contributed by atoms with E-state index in [0.717, 1.165) is 0 Å². The average molecular weight is 374 g/mol. The minimum Gasteiger partial charge on any atom is -0.312 e. The van der Waals surface area contributed by atoms with Crippen molar-refractivity contribution in [1.29, 1.82) is 0 Å². The summed E-state index contributed by atoms with van der Waals surface area (Å²) in [5.74, 6) is -0.661. The zero-order chi connectivity index (χ0) is 19.1. The number of carbonyl (C=O) groups is 1. The lowest BCUT2D eigenvalue weighted by molar-refractivity contribution is -0.130. The summed E-state index contributed by atoms with van der Waals surface area (Å²) in [6, 6.07) is 14.6. The van der Waals surface area contributed by atoms with E-state index in [9.17, 15) is 9.00 Å². The van der Waals surface area contributed by atoms with Crippen molar-refractivity contribution in [3.05, 3.63) is 65.7 Å². The van der Waals surface area contributed by atoms with Gasteiger partial charge in [-0.15, -0.1) is 0 Å². The Morgan fingerprint density at radius 1 is 1.08 bits per heavy atom. The molecule has 3 rings (SSSR count). The van der Waals surface area contributed by atoms with Gasteiger partial charge in [0.15, 0.2) is 0 Å². The number of anilines is 1. The van der Waals surface area contributed by atoms with Crippen molar-refractivity contribution in [2.75, 3.05) is 11.9 Å². The summed E-state index contributed by atoms with van der Waals surface area (Å²) < 4.78 is 31.5. The van der Waals surface area contributed by atoms with Gasteiger partial charge in [0.25, 0.3) is 5.91 Å². The van der Waals surface area contributed by atoms with Crippen molar-refractivity contribution >= 4 is 22.6 Å². The molecule has 0 saturated carbocycles. The van der Waals surface area contributed by atoms with Crippen LogP contribution in [0.1, 0.15) is 37.9 Å². The first-order valence-corrected chi connectivity index (χ1v) is 9.62. The van der Waals surface area contributed by atoms with Crippen LogP contribution in [-0.2, 0) is 21.4 Å². The van der Waals surface area contributed by atoms with Crippen LogP contribution in [0.25, 0.3) is 0 Å². The first-order valence-electron chi connectivity index (χ1n) is 8.47. The van der Waals surface area contributed by atoms with Gasteiger partial charge in [-0.05, 0) is 32.4 Å². The van der Waals surface area contributed by atoms with Crippen LogP contribution in [0.5, 0.6) is 0 Å². The lowest BCUT2D eigenvalue weighted by Gasteiger charge is -2.32. The second-order valence-corrected chi connectivity index (χ2v) is 9.43. The van der Waals surface area contributed by atoms with Crippen LogP contribution in [0.2, 0.25) is 0 Å². The summed E-state index contributed by atoms with van der Waals surface area (Å²) in [4.78, 5) is 14.3. The van der Waals surface area contributed by atoms with E-state index in [0.29, 0.717) is 16.8 Å². The maximum atomic E-state index is 16.5. The SMILES string of the molecule is CN1C(=O)[C@@](F)([C@@H](N[S@@](=O)C(C)(C)C)c2ccccc2)c2ccccc21. The molecule has 1 aliphatic heterocycles. The number of nitrogens with one attached hydrogen (secondary N) is 1. The van der Waals surface area contributed by atoms with Crippen LogP contribution < -0.4 is 9.62 Å². The van der Waals surface area contributed by atoms with Gasteiger partial charge in [0.05, 0.1) is 27.5 Å². The first-order chi connectivity index (χ1) is 12.2. The fourth-order valence-corrected chi connectivity index (χ4v) is 4.00. The van der Waals surface area contributed by atoms with Crippen LogP contribution in [0.4, 0.5) is 10.1 Å². The van der Waals surface area contributed by atoms with Crippen LogP contribution >= 0.6 is 0 Å². The number of hydrogen-bond donors (Lipinski definition) is 1. The number of rotatable bonds is 4. The largest absolute Gasteiger partial charge is 0.312 e. The van der Waals surface area contributed by atoms with E-state index in [4.69, 9.17) is 0 Å². The Balaban J connectivity index is 2.16. The lowest BCUT2D eigenvalue weighted by Crippen LogP contribution is -2.48. The Morgan fingerprint density at radius 3 is 2.27 bits per heavy atom. The smallest absolute Gasteiger partial charge is 0.271 e. The second-order valence-electron chi connectivity index (χ2n) is 7.44. The molecule has 1 aliphatic rings. The molecule has 0 saturated heterocycles. The molecule has 6 heteroatoms. The van der Waals surface area contributed by atoms with Crippen molar-refractivity contribution in [3.63, 3.8) is 0 Å². The molecule has 138 valence electrons. The number of benzene rings is 2. The van der Waals surface area contributed by atoms with Gasteiger partial charge < -0.3 is 4.90 Å². The standard InChI is InChI=1S/C20H23FN2O2S/c1-19(2,3)26(25)22-17(14-10-6-5-7-11-14)20(21)15-12-8-9-13-16(15)23(4)18(20)24/h5-13,17,22H,1-4H3/t17-,20-,26-/m0/s1. The van der Waals surface area contributed by atoms with E-state index >= 15 is 4.39 Å². The Hall–Kier alpha value is -2.05. The molecular weight excluding hydrogens is 351 g/mol. The molecule has 26 heavy (non-hydrogen) atoms. The third-order valence-corrected chi connectivity index (χ3v) is 6.15. The Labute approximate surface area is 156 Å². The van der Waals surface area contributed by atoms with Crippen LogP contribution in [0, 0.1) is 0 Å². The van der Waals surface area contributed by atoms with Gasteiger partial charge in [-0.25, -0.2) is 13.3 Å². The highest BCUT2D eigenvalue weighted by Gasteiger charge is 2.57. The van der Waals surface area contributed by atoms with Gasteiger partial charge in [0, 0.05) is 12.6 Å². The molecule has 1 N–H and O–H groups in total. The summed E-state index contributed by atoms with van der Waals surface area (Å²) in [6.45, 7) is 5.42. The summed E-state index contributed by atoms with van der Waals surface area (Å²) in [6.07, 6.45) is 0. The molecule has 0 aliphatic carbocycles. The summed E-state index contributed by atoms with van der Waals surface area (Å²) in [5.41, 5.74) is -0.941. The molecule has 1 amide bonds. The summed E-state index contributed by atoms with van der Waals surface area (Å²) in [5, 5.41) is 0. The molecule has 1 heterocycles. The molecule has 2 aromatic carbocycles. The third kappa shape index (κ3) is 2.97. The predicted molar refractivity (Wildman–Crippen MR) is 103 cm³/mol. The zero-order valence-corrected chi connectivity index (χ0v) is 16.1. The Bertz CT molecular complexity index is 850. The maximum absolute atomic E-state index is 16.5. The summed E-state index contributed by atoms with van der Waals surface area (Å²) >= 11 is 0. The van der Waals surface area contributed by atoms with Crippen molar-refractivity contribution in [1.82, 2.24) is 4.72 Å². The third-order valence-electron chi connectivity index (χ3n) is 4.59. The van der Waals surface area contributed by atoms with Gasteiger partial charge >= 0.3 is 0 Å². The van der Waals surface area contributed by atoms with E-state index in [1.54, 1.807) is 76.3 Å². The van der Waals surface area contributed by atoms with E-state index < -0.39 is 33.4 Å². The van der Waals surface area contributed by atoms with E-state index in [1.807, 2.05) is 6.07 Å². The van der Waals surface area contributed by atoms with Crippen LogP contribution in [0.15, 0.2) is 54.6 Å². The maximum Gasteiger partial charge on any atom is 0.271 e. The van der Waals surface area contributed by atoms with Gasteiger partial charge in [0.2, 0.25) is 5.67 Å². The van der Waals surface area contributed by atoms with E-state index in [-0.39, 0.29) is 0 Å². The number of nitrogens with zero attached hydrogens (tertiary/aromatic N) is 1. The highest BCUT2D eigenvalue weighted by atomic mass is 32.2. The van der Waals surface area contributed by atoms with Gasteiger partial charge in [0.1, 0.15) is 0 Å². The molecule has 3 atom stereocenters. The second kappa shape index (κ2) is 6.59. The molecule has 0 fully saturated rings. The number of likely N-dealkylation sites (N-methyl/N-ethyl adjacent to an activating group) is 1. The van der Waals surface area contributed by atoms with Crippen LogP contribution in [0.3, 0.4) is 0 Å². The Kier molecular flexibility index (Phi) is 4.75. The fraction of sp³-hybridized carbons (Fsp3) is 0.350. The minimum absolute atomic E-state index is 0.291. The number of fused-ring (bicyclic) bond motifs is 1. The number of para-hydroxylation sites is 1. The van der Waals surface area contributed by atoms with Crippen molar-refractivity contribution in [2.24, 2.45) is 0 Å². The average Bonchev–Trinajstić information content (AvgIpc) is 2.82. The quantitative estimate of drug-likeness (QED) is 0.889. The van der Waals surface area contributed by atoms with Crippen molar-refractivity contribution in [2.45, 2.75) is 37.2 Å². The normalized spacial score (nSPS) is 22.2. The number of amides is 1. The minimum atomic E-state index is -2.34. The molecular formula is C20H23FN2O2S. The molecule has 4 nitrogen and oxygen atoms in total. The number of hydrogen-bond acceptors (Lipinski definition) is 2. The fourth-order valence-electron chi connectivity index (χ4n) is 3.13. The topological polar surface area (TPSA) is 49.4 Å². The van der Waals surface area contributed by atoms with Crippen LogP contribution in [-0.4, -0.2) is 21.9 Å². The van der Waals surface area contributed by atoms with Gasteiger partial charge in [-0.2, -0.15) is 0 Å². The number of alkyl halides is 1. The number of carbonyl (C=O) groups excluding carboxylic acids is 1. The molecule has 0 bridgehead atoms. The number of halogens is 1. The molecule has 0 unspecified atom stereocenters. The summed E-state index contributed by atoms with van der Waals surface area (Å²) in [7, 11) is 0.00726. The van der Waals surface area contributed by atoms with E-state index in [1.165, 1.54) is 4.90 Å². The highest BCUT2D eigenvalue weighted by molar-refractivity contribution is 7.84. The zero-order valence-electron chi connectivity index (χ0n) is 15.3. The molecule has 2 aromatic rings. The van der Waals surface area contributed by atoms with E-state index in [2.05, 4.69) is 4.72 Å². The lowest BCUT2D eigenvalue weighted by atomic mass is 9.85. The van der Waals surface area contributed by atoms with Gasteiger partial charge in [-0.3, -0.25) is 4.79 Å². The Morgan fingerprint density at radius 2 is 1.65 bits per heavy atom. The monoisotopic (exact) mass is 374 g/mol.